The molecule has 2 aromatic carbocycles. The van der Waals surface area contributed by atoms with E-state index in [0.717, 1.165) is 24.0 Å². The molecule has 7 nitrogen and oxygen atoms in total. The second-order valence-electron chi connectivity index (χ2n) is 9.72. The molecule has 0 aliphatic heterocycles. The van der Waals surface area contributed by atoms with Crippen LogP contribution in [0.15, 0.2) is 48.5 Å². The van der Waals surface area contributed by atoms with Crippen molar-refractivity contribution < 1.29 is 24.2 Å². The minimum Gasteiger partial charge on any atom is -0.481 e. The number of carbonyl (C=O) groups is 3. The van der Waals surface area contributed by atoms with Crippen molar-refractivity contribution >= 4 is 18.0 Å². The molecule has 0 bridgehead atoms. The van der Waals surface area contributed by atoms with Crippen LogP contribution < -0.4 is 5.32 Å². The van der Waals surface area contributed by atoms with Crippen LogP contribution in [0.2, 0.25) is 0 Å². The topological polar surface area (TPSA) is 95.9 Å². The Morgan fingerprint density at radius 1 is 1.00 bits per heavy atom. The summed E-state index contributed by atoms with van der Waals surface area (Å²) in [5.41, 5.74) is 4.68. The summed E-state index contributed by atoms with van der Waals surface area (Å²) in [6.45, 7) is 0.240. The lowest BCUT2D eigenvalue weighted by atomic mass is 9.79. The Labute approximate surface area is 199 Å². The third-order valence-electron chi connectivity index (χ3n) is 7.84. The molecule has 0 heterocycles. The Bertz CT molecular complexity index is 1060. The number of benzene rings is 2. The van der Waals surface area contributed by atoms with E-state index in [0.29, 0.717) is 19.3 Å². The molecule has 2 amide bonds. The van der Waals surface area contributed by atoms with Crippen molar-refractivity contribution in [3.8, 4) is 11.1 Å². The van der Waals surface area contributed by atoms with Gasteiger partial charge in [-0.2, -0.15) is 0 Å². The van der Waals surface area contributed by atoms with E-state index in [1.807, 2.05) is 24.3 Å². The highest BCUT2D eigenvalue weighted by Gasteiger charge is 2.42. The smallest absolute Gasteiger partial charge is 0.407 e. The maximum Gasteiger partial charge on any atom is 0.407 e. The van der Waals surface area contributed by atoms with Crippen LogP contribution in [0.1, 0.15) is 49.1 Å². The van der Waals surface area contributed by atoms with Crippen LogP contribution in [0.25, 0.3) is 11.1 Å². The number of amides is 2. The van der Waals surface area contributed by atoms with Gasteiger partial charge in [-0.05, 0) is 47.9 Å². The second-order valence-corrected chi connectivity index (χ2v) is 9.72. The van der Waals surface area contributed by atoms with Crippen molar-refractivity contribution in [3.63, 3.8) is 0 Å². The van der Waals surface area contributed by atoms with Crippen LogP contribution >= 0.6 is 0 Å². The molecular formula is C27H30N2O5. The van der Waals surface area contributed by atoms with E-state index in [4.69, 9.17) is 9.84 Å². The largest absolute Gasteiger partial charge is 0.481 e. The van der Waals surface area contributed by atoms with Crippen LogP contribution in [0.3, 0.4) is 0 Å². The first-order chi connectivity index (χ1) is 16.4. The number of ether oxygens (including phenoxy) is 1. The van der Waals surface area contributed by atoms with Gasteiger partial charge in [0.05, 0.1) is 11.8 Å². The lowest BCUT2D eigenvalue weighted by Crippen LogP contribution is -2.52. The normalized spacial score (nSPS) is 25.1. The summed E-state index contributed by atoms with van der Waals surface area (Å²) < 4.78 is 5.67. The van der Waals surface area contributed by atoms with Gasteiger partial charge < -0.3 is 20.1 Å². The van der Waals surface area contributed by atoms with Crippen LogP contribution in [-0.2, 0) is 14.3 Å². The Morgan fingerprint density at radius 3 is 2.24 bits per heavy atom. The molecule has 2 saturated carbocycles. The fraction of sp³-hybridized carbons (Fsp3) is 0.444. The van der Waals surface area contributed by atoms with Gasteiger partial charge in [-0.25, -0.2) is 4.79 Å². The molecule has 0 saturated heterocycles. The fourth-order valence-corrected chi connectivity index (χ4v) is 5.77. The molecule has 0 aromatic heterocycles. The molecule has 7 heteroatoms. The molecule has 2 atom stereocenters. The molecular weight excluding hydrogens is 432 g/mol. The highest BCUT2D eigenvalue weighted by molar-refractivity contribution is 5.82. The van der Waals surface area contributed by atoms with Gasteiger partial charge in [-0.3, -0.25) is 9.59 Å². The molecule has 178 valence electrons. The molecule has 3 aliphatic rings. The van der Waals surface area contributed by atoms with Crippen molar-refractivity contribution in [2.75, 3.05) is 13.7 Å². The molecule has 3 aliphatic carbocycles. The zero-order valence-electron chi connectivity index (χ0n) is 19.3. The number of fused-ring (bicyclic) bond motifs is 3. The minimum atomic E-state index is -0.798. The third kappa shape index (κ3) is 4.04. The summed E-state index contributed by atoms with van der Waals surface area (Å²) in [4.78, 5) is 38.5. The minimum absolute atomic E-state index is 0.00825. The van der Waals surface area contributed by atoms with E-state index >= 15 is 0 Å². The van der Waals surface area contributed by atoms with E-state index in [1.54, 1.807) is 11.9 Å². The number of rotatable bonds is 6. The lowest BCUT2D eigenvalue weighted by molar-refractivity contribution is -0.151. The van der Waals surface area contributed by atoms with E-state index < -0.39 is 12.1 Å². The Kier molecular flexibility index (Phi) is 6.02. The molecule has 5 rings (SSSR count). The fourth-order valence-electron chi connectivity index (χ4n) is 5.77. The Morgan fingerprint density at radius 2 is 1.62 bits per heavy atom. The predicted molar refractivity (Wildman–Crippen MR) is 126 cm³/mol. The average molecular weight is 463 g/mol. The standard InChI is InChI=1S/C27H30N2O5/c1-29(17-13-16(14-17)26(31)32)25(30)22-11-6-12-24(22)28-27(33)34-15-23-20-9-4-2-7-18(20)19-8-3-5-10-21(19)23/h2-5,7-10,16-17,22-24H,6,11-15H2,1H3,(H,28,33)(H,31,32). The van der Waals surface area contributed by atoms with Crippen molar-refractivity contribution in [1.82, 2.24) is 10.2 Å². The van der Waals surface area contributed by atoms with Crippen LogP contribution in [0, 0.1) is 11.8 Å². The summed E-state index contributed by atoms with van der Waals surface area (Å²) >= 11 is 0. The quantitative estimate of drug-likeness (QED) is 0.676. The highest BCUT2D eigenvalue weighted by Crippen LogP contribution is 2.44. The number of nitrogens with one attached hydrogen (secondary N) is 1. The summed E-state index contributed by atoms with van der Waals surface area (Å²) in [7, 11) is 1.74. The molecule has 0 radical (unpaired) electrons. The molecule has 2 fully saturated rings. The second kappa shape index (κ2) is 9.12. The number of hydrogen-bond donors (Lipinski definition) is 2. The van der Waals surface area contributed by atoms with Gasteiger partial charge in [0.15, 0.2) is 0 Å². The number of carboxylic acid groups (broad SMARTS) is 1. The van der Waals surface area contributed by atoms with Crippen molar-refractivity contribution in [2.24, 2.45) is 11.8 Å². The van der Waals surface area contributed by atoms with Gasteiger partial charge >= 0.3 is 12.1 Å². The number of carboxylic acids is 1. The number of hydrogen-bond acceptors (Lipinski definition) is 4. The van der Waals surface area contributed by atoms with E-state index in [-0.39, 0.29) is 42.4 Å². The maximum atomic E-state index is 13.1. The number of carbonyl (C=O) groups excluding carboxylic acids is 2. The average Bonchev–Trinajstić information content (AvgIpc) is 3.38. The lowest BCUT2D eigenvalue weighted by Gasteiger charge is -2.40. The van der Waals surface area contributed by atoms with Gasteiger partial charge in [0.25, 0.3) is 0 Å². The van der Waals surface area contributed by atoms with Crippen LogP contribution in [-0.4, -0.2) is 53.7 Å². The first kappa shape index (κ1) is 22.4. The number of nitrogens with zero attached hydrogens (tertiary/aromatic N) is 1. The van der Waals surface area contributed by atoms with Crippen LogP contribution in [0.5, 0.6) is 0 Å². The van der Waals surface area contributed by atoms with Gasteiger partial charge in [-0.1, -0.05) is 55.0 Å². The zero-order chi connectivity index (χ0) is 23.8. The Hall–Kier alpha value is -3.35. The van der Waals surface area contributed by atoms with Crippen molar-refractivity contribution in [2.45, 2.75) is 50.1 Å². The Balaban J connectivity index is 1.18. The van der Waals surface area contributed by atoms with Crippen LogP contribution in [0.4, 0.5) is 4.79 Å². The van der Waals surface area contributed by atoms with Crippen molar-refractivity contribution in [3.05, 3.63) is 59.7 Å². The molecule has 2 unspecified atom stereocenters. The highest BCUT2D eigenvalue weighted by atomic mass is 16.5. The first-order valence-electron chi connectivity index (χ1n) is 12.0. The first-order valence-corrected chi connectivity index (χ1v) is 12.0. The number of alkyl carbamates (subject to hydrolysis) is 1. The van der Waals surface area contributed by atoms with Gasteiger partial charge in [0.1, 0.15) is 6.61 Å². The van der Waals surface area contributed by atoms with Gasteiger partial charge in [-0.15, -0.1) is 0 Å². The predicted octanol–water partition coefficient (Wildman–Crippen LogP) is 4.02. The van der Waals surface area contributed by atoms with Gasteiger partial charge in [0.2, 0.25) is 5.91 Å². The van der Waals surface area contributed by atoms with E-state index in [2.05, 4.69) is 29.6 Å². The third-order valence-corrected chi connectivity index (χ3v) is 7.84. The molecule has 2 N–H and O–H groups in total. The zero-order valence-corrected chi connectivity index (χ0v) is 19.3. The molecule has 34 heavy (non-hydrogen) atoms. The summed E-state index contributed by atoms with van der Waals surface area (Å²) in [5.74, 6) is -1.48. The van der Waals surface area contributed by atoms with E-state index in [1.165, 1.54) is 11.1 Å². The monoisotopic (exact) mass is 462 g/mol. The molecule has 2 aromatic rings. The summed E-state index contributed by atoms with van der Waals surface area (Å²) in [6.07, 6.45) is 2.80. The summed E-state index contributed by atoms with van der Waals surface area (Å²) in [5, 5.41) is 12.0. The number of aliphatic carboxylic acids is 1. The van der Waals surface area contributed by atoms with Gasteiger partial charge in [0, 0.05) is 25.0 Å². The molecule has 0 spiro atoms. The summed E-state index contributed by atoms with van der Waals surface area (Å²) in [6, 6.07) is 16.1. The maximum absolute atomic E-state index is 13.1. The van der Waals surface area contributed by atoms with Crippen molar-refractivity contribution in [1.29, 1.82) is 0 Å². The van der Waals surface area contributed by atoms with E-state index in [9.17, 15) is 14.4 Å². The SMILES string of the molecule is CN(C(=O)C1CCCC1NC(=O)OCC1c2ccccc2-c2ccccc21)C1CC(C(=O)O)C1.